The molecule has 8 heteroatoms. The van der Waals surface area contributed by atoms with E-state index in [9.17, 15) is 12.8 Å². The molecule has 0 atom stereocenters. The third-order valence-electron chi connectivity index (χ3n) is 2.67. The minimum Gasteiger partial charge on any atom is -0.326 e. The summed E-state index contributed by atoms with van der Waals surface area (Å²) in [7, 11) is -3.10. The average Bonchev–Trinajstić information content (AvgIpc) is 2.63. The van der Waals surface area contributed by atoms with Gasteiger partial charge >= 0.3 is 0 Å². The molecule has 1 heterocycles. The summed E-state index contributed by atoms with van der Waals surface area (Å²) in [4.78, 5) is 4.30. The Labute approximate surface area is 129 Å². The summed E-state index contributed by atoms with van der Waals surface area (Å²) in [5, 5.41) is 0. The number of nitrogens with zero attached hydrogens (tertiary/aromatic N) is 2. The highest BCUT2D eigenvalue weighted by Crippen LogP contribution is 2.22. The molecular formula is C11H11ClFIN2O2S. The summed E-state index contributed by atoms with van der Waals surface area (Å²) >= 11 is 7.69. The molecule has 0 aliphatic heterocycles. The lowest BCUT2D eigenvalue weighted by molar-refractivity contribution is 0.594. The van der Waals surface area contributed by atoms with E-state index < -0.39 is 9.84 Å². The van der Waals surface area contributed by atoms with Crippen LogP contribution in [0, 0.1) is 9.39 Å². The zero-order valence-corrected chi connectivity index (χ0v) is 13.8. The van der Waals surface area contributed by atoms with Crippen LogP contribution in [0.4, 0.5) is 4.39 Å². The second-order valence-electron chi connectivity index (χ2n) is 4.20. The lowest BCUT2D eigenvalue weighted by Gasteiger charge is -2.06. The molecule has 0 aliphatic carbocycles. The second kappa shape index (κ2) is 5.53. The van der Waals surface area contributed by atoms with Gasteiger partial charge in [0.15, 0.2) is 0 Å². The molecule has 19 heavy (non-hydrogen) atoms. The van der Waals surface area contributed by atoms with Gasteiger partial charge in [0, 0.05) is 18.9 Å². The van der Waals surface area contributed by atoms with Crippen molar-refractivity contribution in [2.45, 2.75) is 12.4 Å². The maximum absolute atomic E-state index is 13.6. The number of rotatable bonds is 4. The fourth-order valence-electron chi connectivity index (χ4n) is 1.78. The third kappa shape index (κ3) is 3.38. The van der Waals surface area contributed by atoms with Gasteiger partial charge in [0.2, 0.25) is 0 Å². The van der Waals surface area contributed by atoms with E-state index in [-0.39, 0.29) is 24.0 Å². The van der Waals surface area contributed by atoms with Gasteiger partial charge in [-0.3, -0.25) is 0 Å². The van der Waals surface area contributed by atoms with Gasteiger partial charge in [-0.2, -0.15) is 0 Å². The minimum atomic E-state index is -3.10. The van der Waals surface area contributed by atoms with E-state index in [1.807, 2.05) is 22.6 Å². The second-order valence-corrected chi connectivity index (χ2v) is 7.89. The Balaban J connectivity index is 2.54. The number of aryl methyl sites for hydroxylation is 1. The van der Waals surface area contributed by atoms with Crippen molar-refractivity contribution < 1.29 is 12.8 Å². The van der Waals surface area contributed by atoms with Crippen LogP contribution in [-0.4, -0.2) is 30.0 Å². The summed E-state index contributed by atoms with van der Waals surface area (Å²) < 4.78 is 38.2. The molecule has 2 rings (SSSR count). The highest BCUT2D eigenvalue weighted by Gasteiger charge is 2.14. The first-order valence-electron chi connectivity index (χ1n) is 5.39. The summed E-state index contributed by atoms with van der Waals surface area (Å²) in [6.07, 6.45) is 1.16. The van der Waals surface area contributed by atoms with Crippen LogP contribution in [0.2, 0.25) is 0 Å². The Bertz CT molecular complexity index is 730. The molecule has 0 amide bonds. The molecule has 2 aromatic rings. The smallest absolute Gasteiger partial charge is 0.149 e. The number of halogens is 3. The summed E-state index contributed by atoms with van der Waals surface area (Å²) in [5.74, 6) is 0.309. The molecular weight excluding hydrogens is 406 g/mol. The van der Waals surface area contributed by atoms with Crippen molar-refractivity contribution >= 4 is 55.1 Å². The molecule has 0 unspecified atom stereocenters. The molecule has 0 saturated heterocycles. The van der Waals surface area contributed by atoms with E-state index >= 15 is 0 Å². The standard InChI is InChI=1S/C11H11ClFIN2O2S/c1-19(17,18)3-2-16-10-4-7(13)8(14)5-9(10)15-11(16)6-12/h4-5H,2-3,6H2,1H3. The lowest BCUT2D eigenvalue weighted by atomic mass is 10.3. The number of benzene rings is 1. The number of aromatic nitrogens is 2. The van der Waals surface area contributed by atoms with Crippen LogP contribution >= 0.6 is 34.2 Å². The van der Waals surface area contributed by atoms with Gasteiger partial charge in [-0.1, -0.05) is 0 Å². The molecule has 0 fully saturated rings. The maximum Gasteiger partial charge on any atom is 0.149 e. The van der Waals surface area contributed by atoms with Gasteiger partial charge in [-0.05, 0) is 28.7 Å². The van der Waals surface area contributed by atoms with Gasteiger partial charge in [0.25, 0.3) is 0 Å². The van der Waals surface area contributed by atoms with Crippen LogP contribution in [0.15, 0.2) is 12.1 Å². The van der Waals surface area contributed by atoms with Crippen LogP contribution in [-0.2, 0) is 22.3 Å². The summed E-state index contributed by atoms with van der Waals surface area (Å²) in [6.45, 7) is 0.220. The van der Waals surface area contributed by atoms with Crippen molar-refractivity contribution in [2.75, 3.05) is 12.0 Å². The van der Waals surface area contributed by atoms with Crippen molar-refractivity contribution in [3.05, 3.63) is 27.3 Å². The quantitative estimate of drug-likeness (QED) is 0.569. The maximum atomic E-state index is 13.6. The SMILES string of the molecule is CS(=O)(=O)CCn1c(CCl)nc2cc(I)c(F)cc21. The number of imidazole rings is 1. The fraction of sp³-hybridized carbons (Fsp3) is 0.364. The number of sulfone groups is 1. The van der Waals surface area contributed by atoms with Crippen molar-refractivity contribution in [3.8, 4) is 0 Å². The predicted octanol–water partition coefficient (Wildman–Crippen LogP) is 2.56. The summed E-state index contributed by atoms with van der Waals surface area (Å²) in [6, 6.07) is 2.99. The molecule has 0 saturated carbocycles. The van der Waals surface area contributed by atoms with Gasteiger partial charge < -0.3 is 4.57 Å². The number of hydrogen-bond acceptors (Lipinski definition) is 3. The molecule has 0 bridgehead atoms. The molecule has 0 spiro atoms. The van der Waals surface area contributed by atoms with Crippen LogP contribution in [0.25, 0.3) is 11.0 Å². The largest absolute Gasteiger partial charge is 0.326 e. The molecule has 0 radical (unpaired) electrons. The molecule has 1 aromatic heterocycles. The van der Waals surface area contributed by atoms with Gasteiger partial charge in [0.05, 0.1) is 26.2 Å². The summed E-state index contributed by atoms with van der Waals surface area (Å²) in [5.41, 5.74) is 1.19. The molecule has 0 N–H and O–H groups in total. The van der Waals surface area contributed by atoms with Gasteiger partial charge in [-0.25, -0.2) is 17.8 Å². The normalized spacial score (nSPS) is 12.2. The Morgan fingerprint density at radius 3 is 2.74 bits per heavy atom. The first-order chi connectivity index (χ1) is 8.81. The Morgan fingerprint density at radius 1 is 1.47 bits per heavy atom. The van der Waals surface area contributed by atoms with E-state index in [0.29, 0.717) is 20.4 Å². The van der Waals surface area contributed by atoms with Gasteiger partial charge in [-0.15, -0.1) is 11.6 Å². The van der Waals surface area contributed by atoms with E-state index in [2.05, 4.69) is 4.98 Å². The van der Waals surface area contributed by atoms with Crippen LogP contribution in [0.5, 0.6) is 0 Å². The fourth-order valence-corrected chi connectivity index (χ4v) is 2.95. The number of hydrogen-bond donors (Lipinski definition) is 0. The van der Waals surface area contributed by atoms with Crippen LogP contribution in [0.3, 0.4) is 0 Å². The Kier molecular flexibility index (Phi) is 4.36. The first kappa shape index (κ1) is 15.0. The highest BCUT2D eigenvalue weighted by atomic mass is 127. The third-order valence-corrected chi connectivity index (χ3v) is 4.66. The van der Waals surface area contributed by atoms with E-state index in [4.69, 9.17) is 11.6 Å². The lowest BCUT2D eigenvalue weighted by Crippen LogP contribution is -2.13. The molecule has 4 nitrogen and oxygen atoms in total. The molecule has 1 aromatic carbocycles. The average molecular weight is 417 g/mol. The van der Waals surface area contributed by atoms with Crippen molar-refractivity contribution in [2.24, 2.45) is 0 Å². The van der Waals surface area contributed by atoms with Crippen molar-refractivity contribution in [1.82, 2.24) is 9.55 Å². The van der Waals surface area contributed by atoms with Gasteiger partial charge in [0.1, 0.15) is 21.5 Å². The number of alkyl halides is 1. The zero-order valence-electron chi connectivity index (χ0n) is 10.0. The predicted molar refractivity (Wildman–Crippen MR) is 81.7 cm³/mol. The minimum absolute atomic E-state index is 0.0318. The molecule has 0 aliphatic rings. The Morgan fingerprint density at radius 2 is 2.16 bits per heavy atom. The highest BCUT2D eigenvalue weighted by molar-refractivity contribution is 14.1. The topological polar surface area (TPSA) is 52.0 Å². The van der Waals surface area contributed by atoms with E-state index in [1.54, 1.807) is 10.6 Å². The van der Waals surface area contributed by atoms with Crippen LogP contribution < -0.4 is 0 Å². The number of fused-ring (bicyclic) bond motifs is 1. The Hall–Kier alpha value is -0.410. The van der Waals surface area contributed by atoms with E-state index in [1.165, 1.54) is 6.07 Å². The molecule has 104 valence electrons. The first-order valence-corrected chi connectivity index (χ1v) is 9.07. The zero-order chi connectivity index (χ0) is 14.2. The van der Waals surface area contributed by atoms with Crippen molar-refractivity contribution in [1.29, 1.82) is 0 Å². The van der Waals surface area contributed by atoms with Crippen LogP contribution in [0.1, 0.15) is 5.82 Å². The monoisotopic (exact) mass is 416 g/mol. The van der Waals surface area contributed by atoms with Crippen molar-refractivity contribution in [3.63, 3.8) is 0 Å². The van der Waals surface area contributed by atoms with E-state index in [0.717, 1.165) is 6.26 Å².